The Bertz CT molecular complexity index is 420. The molecule has 6 heteroatoms. The van der Waals surface area contributed by atoms with E-state index in [4.69, 9.17) is 0 Å². The fourth-order valence-corrected chi connectivity index (χ4v) is 1.45. The number of para-hydroxylation sites is 1. The summed E-state index contributed by atoms with van der Waals surface area (Å²) < 4.78 is 4.52. The van der Waals surface area contributed by atoms with Crippen molar-refractivity contribution in [3.63, 3.8) is 0 Å². The lowest BCUT2D eigenvalue weighted by atomic mass is 10.1. The number of benzene rings is 1. The topological polar surface area (TPSA) is 72.7 Å². The van der Waals surface area contributed by atoms with Crippen molar-refractivity contribution in [3.8, 4) is 0 Å². The number of hydrogen-bond donors (Lipinski definition) is 0. The Kier molecular flexibility index (Phi) is 4.59. The van der Waals surface area contributed by atoms with Crippen LogP contribution >= 0.6 is 0 Å². The maximum Gasteiger partial charge on any atom is 0.319 e. The molecular formula is C11H14N2O4. The Morgan fingerprint density at radius 3 is 2.71 bits per heavy atom. The molecule has 0 aromatic heterocycles. The molecule has 0 atom stereocenters. The van der Waals surface area contributed by atoms with E-state index in [0.717, 1.165) is 0 Å². The molecule has 0 saturated heterocycles. The second-order valence-electron chi connectivity index (χ2n) is 3.63. The first-order valence-corrected chi connectivity index (χ1v) is 5.02. The Morgan fingerprint density at radius 1 is 1.47 bits per heavy atom. The first-order valence-electron chi connectivity index (χ1n) is 5.02. The predicted molar refractivity (Wildman–Crippen MR) is 61.4 cm³/mol. The molecule has 6 nitrogen and oxygen atoms in total. The second-order valence-corrected chi connectivity index (χ2v) is 3.63. The van der Waals surface area contributed by atoms with Crippen molar-refractivity contribution >= 4 is 11.7 Å². The molecule has 0 heterocycles. The van der Waals surface area contributed by atoms with Crippen LogP contribution in [0.3, 0.4) is 0 Å². The van der Waals surface area contributed by atoms with Gasteiger partial charge in [0, 0.05) is 18.2 Å². The van der Waals surface area contributed by atoms with E-state index in [2.05, 4.69) is 4.74 Å². The molecule has 0 spiro atoms. The van der Waals surface area contributed by atoms with Gasteiger partial charge in [-0.25, -0.2) is 0 Å². The quantitative estimate of drug-likeness (QED) is 0.438. The van der Waals surface area contributed by atoms with Gasteiger partial charge >= 0.3 is 5.97 Å². The highest BCUT2D eigenvalue weighted by Gasteiger charge is 2.15. The van der Waals surface area contributed by atoms with E-state index < -0.39 is 4.92 Å². The second kappa shape index (κ2) is 5.95. The summed E-state index contributed by atoms with van der Waals surface area (Å²) >= 11 is 0. The third-order valence-electron chi connectivity index (χ3n) is 2.26. The molecule has 0 radical (unpaired) electrons. The maximum absolute atomic E-state index is 11.0. The molecule has 17 heavy (non-hydrogen) atoms. The van der Waals surface area contributed by atoms with Gasteiger partial charge in [-0.2, -0.15) is 0 Å². The lowest BCUT2D eigenvalue weighted by molar-refractivity contribution is -0.385. The van der Waals surface area contributed by atoms with Gasteiger partial charge in [0.05, 0.1) is 18.6 Å². The van der Waals surface area contributed by atoms with Gasteiger partial charge < -0.3 is 4.74 Å². The molecule has 1 aromatic rings. The molecule has 0 bridgehead atoms. The van der Waals surface area contributed by atoms with Crippen molar-refractivity contribution in [1.82, 2.24) is 4.90 Å². The van der Waals surface area contributed by atoms with Gasteiger partial charge in [0.1, 0.15) is 0 Å². The molecule has 0 fully saturated rings. The van der Waals surface area contributed by atoms with Crippen molar-refractivity contribution in [2.75, 3.05) is 20.7 Å². The van der Waals surface area contributed by atoms with Gasteiger partial charge in [0.2, 0.25) is 0 Å². The number of esters is 1. The summed E-state index contributed by atoms with van der Waals surface area (Å²) in [4.78, 5) is 23.0. The molecule has 0 aliphatic rings. The molecule has 1 rings (SSSR count). The highest BCUT2D eigenvalue weighted by molar-refractivity contribution is 5.71. The summed E-state index contributed by atoms with van der Waals surface area (Å²) in [6.45, 7) is 0.425. The van der Waals surface area contributed by atoms with Crippen LogP contribution in [-0.2, 0) is 16.1 Å². The fourth-order valence-electron chi connectivity index (χ4n) is 1.45. The zero-order chi connectivity index (χ0) is 12.8. The van der Waals surface area contributed by atoms with Crippen molar-refractivity contribution in [3.05, 3.63) is 39.9 Å². The first-order chi connectivity index (χ1) is 8.04. The van der Waals surface area contributed by atoms with Gasteiger partial charge in [-0.3, -0.25) is 19.8 Å². The summed E-state index contributed by atoms with van der Waals surface area (Å²) in [7, 11) is 3.01. The average molecular weight is 238 g/mol. The fraction of sp³-hybridized carbons (Fsp3) is 0.364. The Morgan fingerprint density at radius 2 is 2.12 bits per heavy atom. The van der Waals surface area contributed by atoms with Gasteiger partial charge in [-0.15, -0.1) is 0 Å². The minimum atomic E-state index is -0.429. The van der Waals surface area contributed by atoms with Crippen LogP contribution in [0.25, 0.3) is 0 Å². The highest BCUT2D eigenvalue weighted by Crippen LogP contribution is 2.18. The van der Waals surface area contributed by atoms with Gasteiger partial charge in [0.15, 0.2) is 0 Å². The monoisotopic (exact) mass is 238 g/mol. The molecular weight excluding hydrogens is 224 g/mol. The standard InChI is InChI=1S/C11H14N2O4/c1-12(8-11(14)17-2)7-9-5-3-4-6-10(9)13(15)16/h3-6H,7-8H2,1-2H3. The number of ether oxygens (including phenoxy) is 1. The number of rotatable bonds is 5. The Hall–Kier alpha value is -1.95. The number of nitrogens with zero attached hydrogens (tertiary/aromatic N) is 2. The van der Waals surface area contributed by atoms with Crippen LogP contribution in [0.15, 0.2) is 24.3 Å². The van der Waals surface area contributed by atoms with Crippen LogP contribution in [0.1, 0.15) is 5.56 Å². The largest absolute Gasteiger partial charge is 0.468 e. The zero-order valence-corrected chi connectivity index (χ0v) is 9.75. The third kappa shape index (κ3) is 3.84. The number of likely N-dealkylation sites (N-methyl/N-ethyl adjacent to an activating group) is 1. The lowest BCUT2D eigenvalue weighted by Gasteiger charge is -2.14. The lowest BCUT2D eigenvalue weighted by Crippen LogP contribution is -2.26. The van der Waals surface area contributed by atoms with E-state index in [1.54, 1.807) is 30.1 Å². The van der Waals surface area contributed by atoms with Crippen LogP contribution in [0.2, 0.25) is 0 Å². The third-order valence-corrected chi connectivity index (χ3v) is 2.26. The van der Waals surface area contributed by atoms with E-state index in [1.807, 2.05) is 0 Å². The first kappa shape index (κ1) is 13.1. The van der Waals surface area contributed by atoms with Crippen molar-refractivity contribution in [1.29, 1.82) is 0 Å². The molecule has 0 aliphatic carbocycles. The molecule has 0 aliphatic heterocycles. The smallest absolute Gasteiger partial charge is 0.319 e. The van der Waals surface area contributed by atoms with Gasteiger partial charge in [-0.1, -0.05) is 18.2 Å². The Balaban J connectivity index is 2.74. The number of carbonyl (C=O) groups excluding carboxylic acids is 1. The summed E-state index contributed by atoms with van der Waals surface area (Å²) in [5.41, 5.74) is 0.633. The van der Waals surface area contributed by atoms with Crippen LogP contribution in [0.4, 0.5) is 5.69 Å². The summed E-state index contributed by atoms with van der Waals surface area (Å²) in [5.74, 6) is -0.369. The minimum absolute atomic E-state index is 0.0595. The number of nitro benzene ring substituents is 1. The summed E-state index contributed by atoms with van der Waals surface area (Å²) in [6.07, 6.45) is 0. The van der Waals surface area contributed by atoms with E-state index in [1.165, 1.54) is 13.2 Å². The normalized spacial score (nSPS) is 10.3. The van der Waals surface area contributed by atoms with E-state index in [9.17, 15) is 14.9 Å². The number of carbonyl (C=O) groups is 1. The van der Waals surface area contributed by atoms with Crippen LogP contribution < -0.4 is 0 Å². The van der Waals surface area contributed by atoms with E-state index >= 15 is 0 Å². The maximum atomic E-state index is 11.0. The van der Waals surface area contributed by atoms with Crippen LogP contribution in [0, 0.1) is 10.1 Å². The van der Waals surface area contributed by atoms with Crippen molar-refractivity contribution in [2.24, 2.45) is 0 Å². The van der Waals surface area contributed by atoms with Gasteiger partial charge in [-0.05, 0) is 7.05 Å². The molecule has 0 N–H and O–H groups in total. The molecule has 92 valence electrons. The predicted octanol–water partition coefficient (Wildman–Crippen LogP) is 1.20. The van der Waals surface area contributed by atoms with Crippen molar-refractivity contribution in [2.45, 2.75) is 6.54 Å². The van der Waals surface area contributed by atoms with E-state index in [0.29, 0.717) is 12.1 Å². The highest BCUT2D eigenvalue weighted by atomic mass is 16.6. The SMILES string of the molecule is COC(=O)CN(C)Cc1ccccc1[N+](=O)[O-]. The number of nitro groups is 1. The summed E-state index contributed by atoms with van der Waals surface area (Å²) in [5, 5.41) is 10.8. The average Bonchev–Trinajstić information content (AvgIpc) is 2.29. The number of methoxy groups -OCH3 is 1. The molecule has 0 amide bonds. The minimum Gasteiger partial charge on any atom is -0.468 e. The molecule has 0 saturated carbocycles. The summed E-state index contributed by atoms with van der Waals surface area (Å²) in [6, 6.07) is 6.46. The van der Waals surface area contributed by atoms with Crippen LogP contribution in [-0.4, -0.2) is 36.5 Å². The zero-order valence-electron chi connectivity index (χ0n) is 9.75. The Labute approximate surface area is 98.9 Å². The van der Waals surface area contributed by atoms with Crippen molar-refractivity contribution < 1.29 is 14.5 Å². The number of hydrogen-bond acceptors (Lipinski definition) is 5. The molecule has 1 aromatic carbocycles. The van der Waals surface area contributed by atoms with Gasteiger partial charge in [0.25, 0.3) is 5.69 Å². The van der Waals surface area contributed by atoms with E-state index in [-0.39, 0.29) is 18.2 Å². The van der Waals surface area contributed by atoms with Crippen LogP contribution in [0.5, 0.6) is 0 Å². The molecule has 0 unspecified atom stereocenters.